The predicted octanol–water partition coefficient (Wildman–Crippen LogP) is 1.91. The number of hydrogen-bond donors (Lipinski definition) is 0. The summed E-state index contributed by atoms with van der Waals surface area (Å²) in [5.41, 5.74) is 0.747. The van der Waals surface area contributed by atoms with E-state index in [1.54, 1.807) is 0 Å². The molecule has 0 spiro atoms. The minimum absolute atomic E-state index is 0.120. The molecule has 1 aromatic rings. The Bertz CT molecular complexity index is 319. The lowest BCUT2D eigenvalue weighted by Gasteiger charge is -1.92. The van der Waals surface area contributed by atoms with E-state index in [4.69, 9.17) is 0 Å². The van der Waals surface area contributed by atoms with Crippen molar-refractivity contribution < 1.29 is 13.9 Å². The fraction of sp³-hybridized carbons (Fsp3) is 0.375. The second-order valence-corrected chi connectivity index (χ2v) is 3.74. The molecule has 0 saturated heterocycles. The molecular weight excluding hydrogens is 179 g/mol. The van der Waals surface area contributed by atoms with Gasteiger partial charge in [0.25, 0.3) is 6.47 Å². The van der Waals surface area contributed by atoms with Crippen LogP contribution in [-0.4, -0.2) is 6.47 Å². The minimum Gasteiger partial charge on any atom is -0.414 e. The van der Waals surface area contributed by atoms with Crippen LogP contribution in [0.1, 0.15) is 16.9 Å². The Balaban J connectivity index is 2.40. The van der Waals surface area contributed by atoms with Gasteiger partial charge in [-0.05, 0) is 19.3 Å². The van der Waals surface area contributed by atoms with Crippen LogP contribution >= 0.6 is 11.3 Å². The van der Waals surface area contributed by atoms with Crippen molar-refractivity contribution in [3.05, 3.63) is 16.3 Å². The van der Waals surface area contributed by atoms with Crippen molar-refractivity contribution in [1.29, 1.82) is 0 Å². The average Bonchev–Trinajstić information content (AvgIpc) is 2.58. The van der Waals surface area contributed by atoms with Gasteiger partial charge >= 0.3 is 0 Å². The predicted molar refractivity (Wildman–Crippen MR) is 43.0 cm³/mol. The molecule has 0 N–H and O–H groups in total. The van der Waals surface area contributed by atoms with E-state index in [1.807, 2.05) is 0 Å². The summed E-state index contributed by atoms with van der Waals surface area (Å²) in [7, 11) is 0. The van der Waals surface area contributed by atoms with Gasteiger partial charge in [0.15, 0.2) is 5.82 Å². The van der Waals surface area contributed by atoms with Crippen LogP contribution in [0.5, 0.6) is 5.06 Å². The molecule has 4 heteroatoms. The third-order valence-electron chi connectivity index (χ3n) is 1.98. The van der Waals surface area contributed by atoms with E-state index in [-0.39, 0.29) is 17.4 Å². The van der Waals surface area contributed by atoms with Crippen molar-refractivity contribution in [1.82, 2.24) is 0 Å². The van der Waals surface area contributed by atoms with Crippen LogP contribution < -0.4 is 4.74 Å². The normalized spacial score (nSPS) is 14.4. The van der Waals surface area contributed by atoms with Gasteiger partial charge in [0.2, 0.25) is 5.06 Å². The van der Waals surface area contributed by atoms with Crippen LogP contribution in [0.4, 0.5) is 4.39 Å². The molecule has 0 saturated carbocycles. The van der Waals surface area contributed by atoms with Crippen LogP contribution in [0.15, 0.2) is 0 Å². The highest BCUT2D eigenvalue weighted by atomic mass is 32.1. The van der Waals surface area contributed by atoms with Gasteiger partial charge in [-0.15, -0.1) is 11.3 Å². The standard InChI is InChI=1S/C8H7FO2S/c9-7-5-2-1-3-6(5)12-8(7)11-4-10/h4H,1-3H2. The van der Waals surface area contributed by atoms with Gasteiger partial charge in [-0.2, -0.15) is 0 Å². The molecule has 0 aromatic carbocycles. The molecule has 12 heavy (non-hydrogen) atoms. The molecule has 0 bridgehead atoms. The van der Waals surface area contributed by atoms with E-state index in [1.165, 1.54) is 11.3 Å². The number of ether oxygens (including phenoxy) is 1. The zero-order valence-corrected chi connectivity index (χ0v) is 7.12. The molecule has 2 nitrogen and oxygen atoms in total. The highest BCUT2D eigenvalue weighted by Gasteiger charge is 2.22. The third kappa shape index (κ3) is 1.03. The lowest BCUT2D eigenvalue weighted by Crippen LogP contribution is -1.89. The van der Waals surface area contributed by atoms with E-state index in [2.05, 4.69) is 4.74 Å². The summed E-state index contributed by atoms with van der Waals surface area (Å²) in [6.45, 7) is 0.268. The summed E-state index contributed by atoms with van der Waals surface area (Å²) in [6, 6.07) is 0. The second-order valence-electron chi connectivity index (χ2n) is 2.67. The Morgan fingerprint density at radius 2 is 2.33 bits per heavy atom. The van der Waals surface area contributed by atoms with Gasteiger partial charge in [-0.25, -0.2) is 4.39 Å². The maximum atomic E-state index is 13.2. The third-order valence-corrected chi connectivity index (χ3v) is 3.14. The van der Waals surface area contributed by atoms with Gasteiger partial charge in [-0.1, -0.05) is 0 Å². The monoisotopic (exact) mass is 186 g/mol. The minimum atomic E-state index is -0.334. The van der Waals surface area contributed by atoms with E-state index in [0.717, 1.165) is 29.7 Å². The number of thiophene rings is 1. The number of halogens is 1. The quantitative estimate of drug-likeness (QED) is 0.659. The number of carbonyl (C=O) groups excluding carboxylic acids is 1. The zero-order valence-electron chi connectivity index (χ0n) is 6.30. The number of hydrogen-bond acceptors (Lipinski definition) is 3. The largest absolute Gasteiger partial charge is 0.414 e. The Labute approximate surface area is 73.0 Å². The lowest BCUT2D eigenvalue weighted by molar-refractivity contribution is -0.120. The molecule has 64 valence electrons. The summed E-state index contributed by atoms with van der Waals surface area (Å²) in [4.78, 5) is 11.0. The highest BCUT2D eigenvalue weighted by molar-refractivity contribution is 7.14. The summed E-state index contributed by atoms with van der Waals surface area (Å²) >= 11 is 1.24. The maximum absolute atomic E-state index is 13.2. The van der Waals surface area contributed by atoms with Crippen molar-refractivity contribution in [2.45, 2.75) is 19.3 Å². The maximum Gasteiger partial charge on any atom is 0.299 e. The fourth-order valence-corrected chi connectivity index (χ4v) is 2.55. The summed E-state index contributed by atoms with van der Waals surface area (Å²) in [6.07, 6.45) is 2.71. The first-order chi connectivity index (χ1) is 5.83. The number of carbonyl (C=O) groups is 1. The Hall–Kier alpha value is -0.900. The van der Waals surface area contributed by atoms with Gasteiger partial charge in [0, 0.05) is 10.4 Å². The Kier molecular flexibility index (Phi) is 1.84. The molecule has 1 heterocycles. The van der Waals surface area contributed by atoms with Gasteiger partial charge < -0.3 is 4.74 Å². The summed E-state index contributed by atoms with van der Waals surface area (Å²) in [5.74, 6) is -0.334. The molecule has 0 amide bonds. The van der Waals surface area contributed by atoms with Gasteiger partial charge in [-0.3, -0.25) is 4.79 Å². The first-order valence-electron chi connectivity index (χ1n) is 3.73. The van der Waals surface area contributed by atoms with Crippen LogP contribution in [0.2, 0.25) is 0 Å². The molecule has 0 aliphatic heterocycles. The number of aryl methyl sites for hydroxylation is 1. The molecule has 1 aliphatic carbocycles. The molecule has 0 radical (unpaired) electrons. The van der Waals surface area contributed by atoms with Crippen LogP contribution in [0.25, 0.3) is 0 Å². The van der Waals surface area contributed by atoms with E-state index in [0.29, 0.717) is 0 Å². The van der Waals surface area contributed by atoms with Crippen molar-refractivity contribution in [2.24, 2.45) is 0 Å². The number of rotatable bonds is 2. The topological polar surface area (TPSA) is 26.3 Å². The highest BCUT2D eigenvalue weighted by Crippen LogP contribution is 2.38. The average molecular weight is 186 g/mol. The van der Waals surface area contributed by atoms with E-state index >= 15 is 0 Å². The number of fused-ring (bicyclic) bond motifs is 1. The van der Waals surface area contributed by atoms with Crippen molar-refractivity contribution in [3.8, 4) is 5.06 Å². The van der Waals surface area contributed by atoms with Crippen LogP contribution in [0, 0.1) is 5.82 Å². The molecule has 1 aromatic heterocycles. The summed E-state index contributed by atoms with van der Waals surface area (Å²) in [5, 5.41) is 0.120. The van der Waals surface area contributed by atoms with Gasteiger partial charge in [0.05, 0.1) is 0 Å². The van der Waals surface area contributed by atoms with Crippen LogP contribution in [-0.2, 0) is 17.6 Å². The van der Waals surface area contributed by atoms with Crippen molar-refractivity contribution >= 4 is 17.8 Å². The lowest BCUT2D eigenvalue weighted by atomic mass is 10.3. The Morgan fingerprint density at radius 1 is 1.50 bits per heavy atom. The molecule has 2 rings (SSSR count). The zero-order chi connectivity index (χ0) is 8.55. The van der Waals surface area contributed by atoms with Crippen molar-refractivity contribution in [2.75, 3.05) is 0 Å². The first-order valence-corrected chi connectivity index (χ1v) is 4.55. The fourth-order valence-electron chi connectivity index (χ4n) is 1.46. The first kappa shape index (κ1) is 7.73. The molecule has 0 fully saturated rings. The van der Waals surface area contributed by atoms with Crippen molar-refractivity contribution in [3.63, 3.8) is 0 Å². The van der Waals surface area contributed by atoms with Gasteiger partial charge in [0.1, 0.15) is 0 Å². The van der Waals surface area contributed by atoms with E-state index < -0.39 is 0 Å². The summed E-state index contributed by atoms with van der Waals surface area (Å²) < 4.78 is 17.7. The van der Waals surface area contributed by atoms with Crippen LogP contribution in [0.3, 0.4) is 0 Å². The molecular formula is C8H7FO2S. The smallest absolute Gasteiger partial charge is 0.299 e. The second kappa shape index (κ2) is 2.86. The Morgan fingerprint density at radius 3 is 3.00 bits per heavy atom. The molecule has 0 unspecified atom stereocenters. The van der Waals surface area contributed by atoms with E-state index in [9.17, 15) is 9.18 Å². The SMILES string of the molecule is O=COc1sc2c(c1F)CCC2. The molecule has 0 atom stereocenters. The molecule has 1 aliphatic rings.